The smallest absolute Gasteiger partial charge is 0.323 e. The Balaban J connectivity index is 4.42. The Hall–Kier alpha value is -1.37. The Morgan fingerprint density at radius 1 is 1.50 bits per heavy atom. The molecule has 0 aromatic rings. The monoisotopic (exact) mass is 228 g/mol. The third-order valence-electron chi connectivity index (χ3n) is 1.44. The number of carbonyl (C=O) groups excluding carboxylic acids is 2. The number of esters is 1. The maximum atomic E-state index is 11.5. The van der Waals surface area contributed by atoms with Crippen LogP contribution in [0.2, 0.25) is 0 Å². The highest BCUT2D eigenvalue weighted by Gasteiger charge is 2.26. The maximum Gasteiger partial charge on any atom is 0.323 e. The summed E-state index contributed by atoms with van der Waals surface area (Å²) in [5, 5.41) is 11.0. The minimum atomic E-state index is -1.15. The van der Waals surface area contributed by atoms with Crippen LogP contribution < -0.4 is 5.23 Å². The number of ether oxygens (including phenoxy) is 1. The molecule has 1 radical (unpaired) electrons. The Morgan fingerprint density at radius 2 is 2.06 bits per heavy atom. The summed E-state index contributed by atoms with van der Waals surface area (Å²) >= 11 is 0. The quantitative estimate of drug-likeness (QED) is 0.364. The summed E-state index contributed by atoms with van der Waals surface area (Å²) in [5.74, 6) is -1.85. The first kappa shape index (κ1) is 14.6. The second-order valence-corrected chi connectivity index (χ2v) is 4.15. The molecule has 0 aliphatic carbocycles. The van der Waals surface area contributed by atoms with Gasteiger partial charge in [0.05, 0.1) is 12.6 Å². The molecular formula is C9H15BNO5. The van der Waals surface area contributed by atoms with E-state index in [1.54, 1.807) is 20.8 Å². The van der Waals surface area contributed by atoms with E-state index in [1.807, 2.05) is 0 Å². The molecule has 0 aromatic carbocycles. The molecular weight excluding hydrogens is 213 g/mol. The third-order valence-corrected chi connectivity index (χ3v) is 1.44. The van der Waals surface area contributed by atoms with Gasteiger partial charge in [0.2, 0.25) is 0 Å². The van der Waals surface area contributed by atoms with E-state index in [0.717, 1.165) is 7.41 Å². The molecule has 0 aromatic heterocycles. The van der Waals surface area contributed by atoms with Crippen molar-refractivity contribution in [1.82, 2.24) is 5.23 Å². The van der Waals surface area contributed by atoms with Gasteiger partial charge in [0.25, 0.3) is 7.41 Å². The van der Waals surface area contributed by atoms with Gasteiger partial charge < -0.3 is 19.9 Å². The van der Waals surface area contributed by atoms with Crippen LogP contribution in [-0.4, -0.2) is 42.3 Å². The van der Waals surface area contributed by atoms with Crippen LogP contribution in [-0.2, 0) is 19.1 Å². The van der Waals surface area contributed by atoms with Crippen LogP contribution in [0.1, 0.15) is 27.2 Å². The van der Waals surface area contributed by atoms with Crippen molar-refractivity contribution in [2.24, 2.45) is 0 Å². The molecule has 0 saturated heterocycles. The van der Waals surface area contributed by atoms with Crippen LogP contribution in [0.3, 0.4) is 0 Å². The van der Waals surface area contributed by atoms with Crippen LogP contribution >= 0.6 is 0 Å². The molecule has 0 unspecified atom stereocenters. The molecule has 0 heterocycles. The fourth-order valence-corrected chi connectivity index (χ4v) is 0.913. The molecule has 0 spiro atoms. The minimum Gasteiger partial charge on any atom is -0.481 e. The zero-order chi connectivity index (χ0) is 12.8. The van der Waals surface area contributed by atoms with Crippen LogP contribution in [0.4, 0.5) is 0 Å². The van der Waals surface area contributed by atoms with E-state index in [2.05, 4.69) is 5.23 Å². The van der Waals surface area contributed by atoms with Crippen LogP contribution in [0, 0.1) is 0 Å². The standard InChI is InChI=1S/C9H15BNO5/c1-9(2,3)16-8(15)6(4-7(13)14)11-10-5-12/h5-6,11H,4H2,1-3H3,(H,13,14)/t6-/m0/s1. The fraction of sp³-hybridized carbons (Fsp3) is 0.667. The predicted molar refractivity (Wildman–Crippen MR) is 57.5 cm³/mol. The van der Waals surface area contributed by atoms with Crippen molar-refractivity contribution in [3.05, 3.63) is 0 Å². The summed E-state index contributed by atoms with van der Waals surface area (Å²) in [6, 6.07) is -1.05. The summed E-state index contributed by atoms with van der Waals surface area (Å²) in [6.07, 6.45) is -0.0154. The van der Waals surface area contributed by atoms with Crippen molar-refractivity contribution < 1.29 is 24.2 Å². The lowest BCUT2D eigenvalue weighted by Crippen LogP contribution is -2.44. The SMILES string of the molecule is CC(C)(C)OC(=O)[C@H](CC(=O)O)N[B]C=O. The topological polar surface area (TPSA) is 92.7 Å². The molecule has 6 nitrogen and oxygen atoms in total. The van der Waals surface area contributed by atoms with Gasteiger partial charge in [-0.15, -0.1) is 0 Å². The average molecular weight is 228 g/mol. The van der Waals surface area contributed by atoms with Gasteiger partial charge in [0.1, 0.15) is 11.6 Å². The van der Waals surface area contributed by atoms with E-state index in [0.29, 0.717) is 6.19 Å². The Kier molecular flexibility index (Phi) is 5.73. The largest absolute Gasteiger partial charge is 0.481 e. The molecule has 0 amide bonds. The number of hydrogen-bond acceptors (Lipinski definition) is 5. The molecule has 0 saturated carbocycles. The van der Waals surface area contributed by atoms with E-state index < -0.39 is 30.0 Å². The van der Waals surface area contributed by atoms with Gasteiger partial charge in [0.15, 0.2) is 0 Å². The lowest BCUT2D eigenvalue weighted by molar-refractivity contribution is -0.159. The fourth-order valence-electron chi connectivity index (χ4n) is 0.913. The zero-order valence-corrected chi connectivity index (χ0v) is 9.52. The minimum absolute atomic E-state index is 0.430. The molecule has 0 fully saturated rings. The number of aliphatic carboxylic acids is 1. The second kappa shape index (κ2) is 6.27. The van der Waals surface area contributed by atoms with E-state index in [-0.39, 0.29) is 0 Å². The van der Waals surface area contributed by atoms with Gasteiger partial charge >= 0.3 is 11.9 Å². The predicted octanol–water partition coefficient (Wildman–Crippen LogP) is -0.430. The first-order valence-electron chi connectivity index (χ1n) is 4.74. The van der Waals surface area contributed by atoms with E-state index >= 15 is 0 Å². The van der Waals surface area contributed by atoms with Gasteiger partial charge in [-0.3, -0.25) is 9.59 Å². The number of rotatable bonds is 6. The summed E-state index contributed by atoms with van der Waals surface area (Å²) < 4.78 is 5.00. The van der Waals surface area contributed by atoms with Gasteiger partial charge in [0, 0.05) is 0 Å². The summed E-state index contributed by atoms with van der Waals surface area (Å²) in [4.78, 5) is 32.1. The van der Waals surface area contributed by atoms with Crippen molar-refractivity contribution >= 4 is 25.5 Å². The molecule has 7 heteroatoms. The molecule has 1 atom stereocenters. The maximum absolute atomic E-state index is 11.5. The van der Waals surface area contributed by atoms with Crippen molar-refractivity contribution in [2.45, 2.75) is 38.8 Å². The number of hydrogen-bond donors (Lipinski definition) is 2. The van der Waals surface area contributed by atoms with Gasteiger partial charge in [-0.1, -0.05) is 0 Å². The highest BCUT2D eigenvalue weighted by Crippen LogP contribution is 2.09. The molecule has 0 bridgehead atoms. The van der Waals surface area contributed by atoms with Gasteiger partial charge in [-0.25, -0.2) is 0 Å². The normalized spacial score (nSPS) is 12.7. The Labute approximate surface area is 94.6 Å². The lowest BCUT2D eigenvalue weighted by atomic mass is 9.95. The van der Waals surface area contributed by atoms with Gasteiger partial charge in [-0.05, 0) is 20.8 Å². The highest BCUT2D eigenvalue weighted by atomic mass is 16.6. The second-order valence-electron chi connectivity index (χ2n) is 4.15. The Morgan fingerprint density at radius 3 is 2.44 bits per heavy atom. The molecule has 0 rings (SSSR count). The highest BCUT2D eigenvalue weighted by molar-refractivity contribution is 6.64. The molecule has 2 N–H and O–H groups in total. The zero-order valence-electron chi connectivity index (χ0n) is 9.52. The lowest BCUT2D eigenvalue weighted by Gasteiger charge is -2.23. The van der Waals surface area contributed by atoms with Crippen molar-refractivity contribution in [3.63, 3.8) is 0 Å². The number of carboxylic acid groups (broad SMARTS) is 1. The first-order valence-corrected chi connectivity index (χ1v) is 4.74. The van der Waals surface area contributed by atoms with Crippen LogP contribution in [0.25, 0.3) is 0 Å². The van der Waals surface area contributed by atoms with E-state index in [1.165, 1.54) is 0 Å². The molecule has 0 aliphatic heterocycles. The molecule has 16 heavy (non-hydrogen) atoms. The van der Waals surface area contributed by atoms with Gasteiger partial charge in [-0.2, -0.15) is 0 Å². The molecule has 0 aliphatic rings. The first-order chi connectivity index (χ1) is 7.26. The van der Waals surface area contributed by atoms with Crippen molar-refractivity contribution in [2.75, 3.05) is 0 Å². The number of nitrogens with one attached hydrogen (secondary N) is 1. The van der Waals surface area contributed by atoms with E-state index in [4.69, 9.17) is 9.84 Å². The summed E-state index contributed by atoms with van der Waals surface area (Å²) in [5.41, 5.74) is -0.698. The van der Waals surface area contributed by atoms with Crippen molar-refractivity contribution in [1.29, 1.82) is 0 Å². The number of carboxylic acids is 1. The van der Waals surface area contributed by atoms with Crippen molar-refractivity contribution in [3.8, 4) is 0 Å². The summed E-state index contributed by atoms with van der Waals surface area (Å²) in [7, 11) is 0.970. The Bertz CT molecular complexity index is 274. The summed E-state index contributed by atoms with van der Waals surface area (Å²) in [6.45, 7) is 5.02. The van der Waals surface area contributed by atoms with E-state index in [9.17, 15) is 14.4 Å². The average Bonchev–Trinajstić information content (AvgIpc) is 2.08. The number of carbonyl (C=O) groups is 3. The van der Waals surface area contributed by atoms with Crippen LogP contribution in [0.5, 0.6) is 0 Å². The van der Waals surface area contributed by atoms with Crippen LogP contribution in [0.15, 0.2) is 0 Å². The molecule has 89 valence electrons. The third kappa shape index (κ3) is 7.00.